The highest BCUT2D eigenvalue weighted by Crippen LogP contribution is 2.49. The second-order valence-corrected chi connectivity index (χ2v) is 19.2. The van der Waals surface area contributed by atoms with Crippen LogP contribution in [0.25, 0.3) is 0 Å². The average molecular weight is 822 g/mol. The molecule has 3 aliphatic heterocycles. The summed E-state index contributed by atoms with van der Waals surface area (Å²) in [6, 6.07) is 2.52. The number of nitrogens with zero attached hydrogens (tertiary/aromatic N) is 2. The Kier molecular flexibility index (Phi) is 14.8. The molecule has 4 bridgehead atoms. The number of carbonyl (C=O) groups is 4. The lowest BCUT2D eigenvalue weighted by Gasteiger charge is -2.42. The van der Waals surface area contributed by atoms with Gasteiger partial charge in [0.15, 0.2) is 5.72 Å². The number of halogens is 1. The number of likely N-dealkylation sites (N-methyl/N-ethyl adjacent to an activating group) is 1. The quantitative estimate of drug-likeness (QED) is 0.178. The zero-order chi connectivity index (χ0) is 41.9. The molecule has 8 atom stereocenters. The summed E-state index contributed by atoms with van der Waals surface area (Å²) in [5, 5.41) is 35.3. The second-order valence-electron chi connectivity index (χ2n) is 16.6. The summed E-state index contributed by atoms with van der Waals surface area (Å²) in [5.74, 6) is -2.88. The lowest BCUT2D eigenvalue weighted by atomic mass is 9.81. The standard InChI is InChI=1S/C41H60ClN3O10S/c1-23(2)56-39(6,7)15-14-33(48)44(9)26(5)37(50)54-32-19-34(49)45(10)30-18-27(17-28(21-46)35(30)42)16-24(3)12-11-13-29(22-47)41(52)20-31(53-38(51)43-41)25(4)36-40(32,8)55-36/h11-13,17-18,23,25-26,29,31-32,36,46-47,52H,14-16,19-22H2,1-10H3,(H,43,51)/b13-11+,24-12+/t25-,26-,29+,31+,32+,36+,40+,41+/m1/s1. The monoisotopic (exact) mass is 821 g/mol. The normalized spacial score (nSPS) is 30.7. The number of thioether (sulfide) groups is 1. The Morgan fingerprint density at radius 2 is 1.89 bits per heavy atom. The van der Waals surface area contributed by atoms with Crippen molar-refractivity contribution in [2.45, 2.75) is 140 Å². The molecule has 3 heterocycles. The maximum absolute atomic E-state index is 14.2. The molecule has 0 spiro atoms. The molecule has 0 aliphatic carbocycles. The Morgan fingerprint density at radius 3 is 2.52 bits per heavy atom. The van der Waals surface area contributed by atoms with Gasteiger partial charge in [0.25, 0.3) is 0 Å². The highest BCUT2D eigenvalue weighted by molar-refractivity contribution is 8.01. The van der Waals surface area contributed by atoms with E-state index in [-0.39, 0.29) is 41.5 Å². The molecule has 0 saturated carbocycles. The number of ether oxygens (including phenoxy) is 3. The molecule has 3 aliphatic rings. The Morgan fingerprint density at radius 1 is 1.21 bits per heavy atom. The molecule has 4 N–H and O–H groups in total. The van der Waals surface area contributed by atoms with Crippen molar-refractivity contribution in [3.8, 4) is 0 Å². The molecule has 2 fully saturated rings. The van der Waals surface area contributed by atoms with Gasteiger partial charge in [-0.15, -0.1) is 0 Å². The number of rotatable bonds is 10. The first-order valence-electron chi connectivity index (χ1n) is 19.2. The molecule has 0 radical (unpaired) electrons. The summed E-state index contributed by atoms with van der Waals surface area (Å²) >= 11 is 8.52. The van der Waals surface area contributed by atoms with Crippen LogP contribution in [0.2, 0.25) is 5.02 Å². The number of amides is 3. The predicted molar refractivity (Wildman–Crippen MR) is 216 cm³/mol. The predicted octanol–water partition coefficient (Wildman–Crippen LogP) is 5.29. The van der Waals surface area contributed by atoms with Gasteiger partial charge < -0.3 is 39.3 Å². The van der Waals surface area contributed by atoms with Gasteiger partial charge in [0, 0.05) is 43.5 Å². The average Bonchev–Trinajstić information content (AvgIpc) is 3.82. The van der Waals surface area contributed by atoms with Crippen LogP contribution in [-0.2, 0) is 41.6 Å². The molecule has 0 aromatic heterocycles. The molecule has 1 aromatic rings. The summed E-state index contributed by atoms with van der Waals surface area (Å²) in [5.41, 5.74) is -0.708. The molecule has 4 rings (SSSR count). The van der Waals surface area contributed by atoms with E-state index in [1.165, 1.54) is 9.80 Å². The zero-order valence-corrected chi connectivity index (χ0v) is 35.8. The van der Waals surface area contributed by atoms with E-state index in [9.17, 15) is 34.5 Å². The van der Waals surface area contributed by atoms with Crippen molar-refractivity contribution in [3.05, 3.63) is 52.1 Å². The minimum absolute atomic E-state index is 0.0923. The molecular formula is C41H60ClN3O10S. The van der Waals surface area contributed by atoms with Gasteiger partial charge >= 0.3 is 12.1 Å². The minimum Gasteiger partial charge on any atom is -0.457 e. The van der Waals surface area contributed by atoms with Crippen molar-refractivity contribution in [1.29, 1.82) is 0 Å². The van der Waals surface area contributed by atoms with Crippen molar-refractivity contribution < 1.29 is 48.7 Å². The first kappa shape index (κ1) is 45.6. The van der Waals surface area contributed by atoms with Crippen LogP contribution in [0.1, 0.15) is 92.2 Å². The van der Waals surface area contributed by atoms with Gasteiger partial charge in [-0.1, -0.05) is 76.1 Å². The summed E-state index contributed by atoms with van der Waals surface area (Å²) in [4.78, 5) is 57.0. The fraction of sp³-hybridized carbons (Fsp3) is 0.659. The molecule has 312 valence electrons. The van der Waals surface area contributed by atoms with E-state index in [1.807, 2.05) is 13.0 Å². The number of epoxide rings is 1. The third-order valence-corrected chi connectivity index (χ3v) is 13.0. The topological polar surface area (TPSA) is 178 Å². The SMILES string of the molecule is C/C1=C\C=C\[C@@H](CO)[C@@]2(O)C[C@H](OC(=O)N2)[C@@H](C)[C@@H]2O[C@@]2(C)[C@@H](OC(=O)[C@@H](C)N(C)C(=O)CCC(C)(C)SC(C)C)CC(=O)N(C)c2cc(cc(CO)c2Cl)C1. The smallest absolute Gasteiger partial charge is 0.409 e. The minimum atomic E-state index is -1.86. The van der Waals surface area contributed by atoms with Crippen molar-refractivity contribution in [2.24, 2.45) is 11.8 Å². The number of aliphatic hydroxyl groups is 3. The third-order valence-electron chi connectivity index (χ3n) is 11.2. The maximum Gasteiger partial charge on any atom is 0.409 e. The van der Waals surface area contributed by atoms with E-state index < -0.39 is 72.1 Å². The highest BCUT2D eigenvalue weighted by Gasteiger charge is 2.64. The number of benzene rings is 1. The number of aliphatic hydroxyl groups excluding tert-OH is 2. The number of fused-ring (bicyclic) bond motifs is 5. The lowest BCUT2D eigenvalue weighted by molar-refractivity contribution is -0.162. The van der Waals surface area contributed by atoms with Gasteiger partial charge in [0.2, 0.25) is 11.8 Å². The molecule has 1 aromatic carbocycles. The number of hydrogen-bond donors (Lipinski definition) is 4. The Balaban J connectivity index is 1.70. The molecule has 15 heteroatoms. The number of nitrogens with one attached hydrogen (secondary N) is 1. The fourth-order valence-electron chi connectivity index (χ4n) is 7.59. The number of allylic oxidation sites excluding steroid dienone is 3. The van der Waals surface area contributed by atoms with Gasteiger partial charge in [0.1, 0.15) is 23.9 Å². The van der Waals surface area contributed by atoms with Crippen LogP contribution >= 0.6 is 23.4 Å². The fourth-order valence-corrected chi connectivity index (χ4v) is 9.38. The zero-order valence-electron chi connectivity index (χ0n) is 34.3. The number of carbonyl (C=O) groups excluding carboxylic acids is 4. The van der Waals surface area contributed by atoms with Crippen LogP contribution in [-0.4, -0.2) is 110 Å². The van der Waals surface area contributed by atoms with Crippen LogP contribution in [0.4, 0.5) is 10.5 Å². The van der Waals surface area contributed by atoms with Gasteiger partial charge in [-0.25, -0.2) is 9.59 Å². The van der Waals surface area contributed by atoms with Crippen molar-refractivity contribution in [2.75, 3.05) is 25.6 Å². The van der Waals surface area contributed by atoms with Crippen molar-refractivity contribution in [1.82, 2.24) is 10.2 Å². The Hall–Kier alpha value is -3.14. The van der Waals surface area contributed by atoms with E-state index >= 15 is 0 Å². The highest BCUT2D eigenvalue weighted by atomic mass is 35.5. The molecule has 2 saturated heterocycles. The largest absolute Gasteiger partial charge is 0.457 e. The number of anilines is 1. The van der Waals surface area contributed by atoms with Crippen LogP contribution in [0.3, 0.4) is 0 Å². The summed E-state index contributed by atoms with van der Waals surface area (Å²) < 4.78 is 17.9. The summed E-state index contributed by atoms with van der Waals surface area (Å²) in [7, 11) is 3.10. The van der Waals surface area contributed by atoms with Crippen molar-refractivity contribution in [3.63, 3.8) is 0 Å². The summed E-state index contributed by atoms with van der Waals surface area (Å²) in [6.45, 7) is 14.5. The first-order valence-corrected chi connectivity index (χ1v) is 20.5. The van der Waals surface area contributed by atoms with E-state index in [1.54, 1.807) is 70.9 Å². The van der Waals surface area contributed by atoms with Crippen LogP contribution in [0.15, 0.2) is 35.9 Å². The number of alkyl carbamates (subject to hydrolysis) is 1. The van der Waals surface area contributed by atoms with Crippen LogP contribution in [0.5, 0.6) is 0 Å². The van der Waals surface area contributed by atoms with E-state index in [4.69, 9.17) is 25.8 Å². The Bertz CT molecular complexity index is 1700. The van der Waals surface area contributed by atoms with E-state index in [0.29, 0.717) is 29.3 Å². The molecule has 3 amide bonds. The number of esters is 1. The van der Waals surface area contributed by atoms with E-state index in [0.717, 1.165) is 11.1 Å². The second kappa shape index (κ2) is 18.2. The van der Waals surface area contributed by atoms with Crippen LogP contribution < -0.4 is 10.2 Å². The maximum atomic E-state index is 14.2. The first-order chi connectivity index (χ1) is 26.0. The van der Waals surface area contributed by atoms with Gasteiger partial charge in [-0.2, -0.15) is 11.8 Å². The molecule has 56 heavy (non-hydrogen) atoms. The van der Waals surface area contributed by atoms with Gasteiger partial charge in [-0.3, -0.25) is 14.9 Å². The summed E-state index contributed by atoms with van der Waals surface area (Å²) in [6.07, 6.45) is 2.33. The van der Waals surface area contributed by atoms with Gasteiger partial charge in [-0.05, 0) is 56.1 Å². The molecular weight excluding hydrogens is 762 g/mol. The van der Waals surface area contributed by atoms with E-state index in [2.05, 4.69) is 33.0 Å². The van der Waals surface area contributed by atoms with Gasteiger partial charge in [0.05, 0.1) is 36.4 Å². The van der Waals surface area contributed by atoms with Crippen LogP contribution in [0, 0.1) is 11.8 Å². The van der Waals surface area contributed by atoms with Crippen molar-refractivity contribution >= 4 is 52.9 Å². The Labute approximate surface area is 340 Å². The third kappa shape index (κ3) is 10.7. The molecule has 0 unspecified atom stereocenters. The lowest BCUT2D eigenvalue weighted by Crippen LogP contribution is -2.62. The molecule has 13 nitrogen and oxygen atoms in total. The number of hydrogen-bond acceptors (Lipinski definition) is 11.